The zero-order valence-corrected chi connectivity index (χ0v) is 37.0. The SMILES string of the molecule is [2H]C([2H])(c1ccncc1)c1ccc(-c2[c-]c(-c3cc(-c4ccccc4)cc4oc(-c5cc(-c6ccccc6)cc(C(C)(C)C)c5O)nc34)cc(C(C)(C)c3ccccc3)c2)nc1.[Pt]. The molecule has 0 aliphatic heterocycles. The quantitative estimate of drug-likeness (QED) is 0.146. The maximum absolute atomic E-state index is 12.0. The average Bonchev–Trinajstić information content (AvgIpc) is 3.73. The second-order valence-corrected chi connectivity index (χ2v) is 16.8. The van der Waals surface area contributed by atoms with Crippen molar-refractivity contribution in [3.8, 4) is 61.8 Å². The van der Waals surface area contributed by atoms with Crippen molar-refractivity contribution in [2.45, 2.75) is 51.8 Å². The summed E-state index contributed by atoms with van der Waals surface area (Å²) in [4.78, 5) is 14.2. The number of hydrogen-bond acceptors (Lipinski definition) is 5. The van der Waals surface area contributed by atoms with Crippen LogP contribution in [0.4, 0.5) is 0 Å². The molecule has 0 aliphatic rings. The predicted octanol–water partition coefficient (Wildman–Crippen LogP) is 13.7. The van der Waals surface area contributed by atoms with E-state index in [0.717, 1.165) is 55.6 Å². The monoisotopic (exact) mass is 977 g/mol. The number of rotatable bonds is 9. The molecule has 61 heavy (non-hydrogen) atoms. The molecule has 0 bridgehead atoms. The van der Waals surface area contributed by atoms with Crippen molar-refractivity contribution < 1.29 is 33.3 Å². The summed E-state index contributed by atoms with van der Waals surface area (Å²) >= 11 is 0. The van der Waals surface area contributed by atoms with Crippen LogP contribution in [0.15, 0.2) is 175 Å². The summed E-state index contributed by atoms with van der Waals surface area (Å²) in [5, 5.41) is 12.0. The summed E-state index contributed by atoms with van der Waals surface area (Å²) in [5.41, 5.74) is 11.8. The minimum absolute atomic E-state index is 0. The molecule has 3 aromatic heterocycles. The van der Waals surface area contributed by atoms with Crippen molar-refractivity contribution in [3.63, 3.8) is 0 Å². The number of aromatic hydroxyl groups is 1. The molecular weight excluding hydrogens is 930 g/mol. The zero-order chi connectivity index (χ0) is 43.2. The van der Waals surface area contributed by atoms with Gasteiger partial charge in [0, 0.05) is 59.1 Å². The first-order chi connectivity index (χ1) is 29.8. The van der Waals surface area contributed by atoms with Crippen LogP contribution in [-0.4, -0.2) is 20.1 Å². The van der Waals surface area contributed by atoms with Crippen molar-refractivity contribution in [3.05, 3.63) is 204 Å². The molecular formula is C55H46N3O2Pt-. The van der Waals surface area contributed by atoms with Crippen LogP contribution in [0.1, 0.15) is 65.2 Å². The summed E-state index contributed by atoms with van der Waals surface area (Å²) in [6.45, 7) is 10.7. The summed E-state index contributed by atoms with van der Waals surface area (Å²) in [6.07, 6.45) is 3.04. The van der Waals surface area contributed by atoms with Gasteiger partial charge in [-0.05, 0) is 81.1 Å². The Balaban J connectivity index is 0.00000544. The molecule has 0 fully saturated rings. The smallest absolute Gasteiger partial charge is 0.230 e. The number of oxazole rings is 1. The molecule has 9 aromatic rings. The normalized spacial score (nSPS) is 12.4. The van der Waals surface area contributed by atoms with Gasteiger partial charge in [-0.15, -0.1) is 29.3 Å². The van der Waals surface area contributed by atoms with E-state index in [1.54, 1.807) is 36.8 Å². The van der Waals surface area contributed by atoms with Gasteiger partial charge < -0.3 is 9.52 Å². The van der Waals surface area contributed by atoms with Gasteiger partial charge in [-0.1, -0.05) is 155 Å². The van der Waals surface area contributed by atoms with Crippen molar-refractivity contribution in [2.75, 3.05) is 0 Å². The first kappa shape index (κ1) is 38.8. The molecule has 0 amide bonds. The fourth-order valence-corrected chi connectivity index (χ4v) is 7.78. The van der Waals surface area contributed by atoms with E-state index in [1.807, 2.05) is 60.7 Å². The van der Waals surface area contributed by atoms with Crippen molar-refractivity contribution in [1.82, 2.24) is 15.0 Å². The van der Waals surface area contributed by atoms with Crippen LogP contribution in [0, 0.1) is 6.07 Å². The molecule has 0 unspecified atom stereocenters. The maximum atomic E-state index is 12.0. The van der Waals surface area contributed by atoms with Gasteiger partial charge >= 0.3 is 0 Å². The largest absolute Gasteiger partial charge is 0.507 e. The summed E-state index contributed by atoms with van der Waals surface area (Å²) in [7, 11) is 0. The molecule has 0 radical (unpaired) electrons. The van der Waals surface area contributed by atoms with Gasteiger partial charge in [0.1, 0.15) is 11.3 Å². The minimum Gasteiger partial charge on any atom is -0.507 e. The molecule has 6 heteroatoms. The first-order valence-corrected chi connectivity index (χ1v) is 20.2. The molecule has 9 rings (SSSR count). The van der Waals surface area contributed by atoms with E-state index in [-0.39, 0.29) is 32.2 Å². The number of fused-ring (bicyclic) bond motifs is 1. The fourth-order valence-electron chi connectivity index (χ4n) is 7.78. The predicted molar refractivity (Wildman–Crippen MR) is 244 cm³/mol. The van der Waals surface area contributed by atoms with Crippen molar-refractivity contribution >= 4 is 11.1 Å². The van der Waals surface area contributed by atoms with E-state index in [1.165, 1.54) is 0 Å². The molecule has 6 aromatic carbocycles. The summed E-state index contributed by atoms with van der Waals surface area (Å²) in [5.74, 6) is 0.450. The zero-order valence-electron chi connectivity index (χ0n) is 36.7. The Morgan fingerprint density at radius 2 is 1.23 bits per heavy atom. The summed E-state index contributed by atoms with van der Waals surface area (Å²) < 4.78 is 24.6. The van der Waals surface area contributed by atoms with E-state index in [0.29, 0.717) is 39.4 Å². The average molecular weight is 978 g/mol. The summed E-state index contributed by atoms with van der Waals surface area (Å²) in [6, 6.07) is 54.0. The molecule has 0 saturated heterocycles. The third kappa shape index (κ3) is 8.49. The molecule has 0 aliphatic carbocycles. The van der Waals surface area contributed by atoms with Crippen LogP contribution in [-0.2, 0) is 38.3 Å². The number of phenols is 1. The van der Waals surface area contributed by atoms with Gasteiger partial charge in [-0.2, -0.15) is 0 Å². The second-order valence-electron chi connectivity index (χ2n) is 16.8. The molecule has 3 heterocycles. The van der Waals surface area contributed by atoms with Crippen molar-refractivity contribution in [1.29, 1.82) is 0 Å². The van der Waals surface area contributed by atoms with Crippen LogP contribution in [0.25, 0.3) is 67.2 Å². The Bertz CT molecular complexity index is 3040. The van der Waals surface area contributed by atoms with E-state index in [9.17, 15) is 5.11 Å². The second kappa shape index (κ2) is 16.9. The number of nitrogens with zero attached hydrogens (tertiary/aromatic N) is 3. The topological polar surface area (TPSA) is 72.0 Å². The van der Waals surface area contributed by atoms with Gasteiger partial charge in [0.25, 0.3) is 0 Å². The number of aromatic nitrogens is 3. The molecule has 5 nitrogen and oxygen atoms in total. The maximum Gasteiger partial charge on any atom is 0.230 e. The fraction of sp³-hybridized carbons (Fsp3) is 0.145. The molecule has 304 valence electrons. The third-order valence-corrected chi connectivity index (χ3v) is 11.2. The minimum atomic E-state index is -1.77. The number of pyridine rings is 2. The van der Waals surface area contributed by atoms with E-state index >= 15 is 0 Å². The van der Waals surface area contributed by atoms with Crippen molar-refractivity contribution in [2.24, 2.45) is 0 Å². The number of hydrogen-bond donors (Lipinski definition) is 1. The van der Waals surface area contributed by atoms with Crippen LogP contribution in [0.3, 0.4) is 0 Å². The molecule has 0 atom stereocenters. The van der Waals surface area contributed by atoms with Gasteiger partial charge in [0.05, 0.1) is 11.1 Å². The Morgan fingerprint density at radius 3 is 1.85 bits per heavy atom. The van der Waals surface area contributed by atoms with Crippen LogP contribution < -0.4 is 0 Å². The van der Waals surface area contributed by atoms with E-state index < -0.39 is 11.8 Å². The standard InChI is InChI=1S/C55H46N3O2.Pt/c1-54(2,3)48-33-40(38-15-9-6-10-16-38)32-47(52(48)59)53-58-51-46(31-41(34-50(51)60-53)39-17-11-7-12-18-39)42-28-43(30-45(29-42)55(4,5)44-19-13-8-14-20-44)49-22-21-37(35-57-49)27-36-23-25-56-26-24-36;/h6-26,29-35,59H,27H2,1-5H3;/q-1;/i27D2;. The van der Waals surface area contributed by atoms with Crippen LogP contribution in [0.5, 0.6) is 5.75 Å². The van der Waals surface area contributed by atoms with Gasteiger partial charge in [-0.3, -0.25) is 9.97 Å². The Labute approximate surface area is 375 Å². The molecule has 0 spiro atoms. The number of benzene rings is 6. The molecule has 1 N–H and O–H groups in total. The number of phenolic OH excluding ortho intramolecular Hbond substituents is 1. The molecule has 0 saturated carbocycles. The van der Waals surface area contributed by atoms with E-state index in [2.05, 4.69) is 118 Å². The Hall–Kier alpha value is -6.42. The Morgan fingerprint density at radius 1 is 0.623 bits per heavy atom. The van der Waals surface area contributed by atoms with Gasteiger partial charge in [0.2, 0.25) is 5.89 Å². The third-order valence-electron chi connectivity index (χ3n) is 11.2. The Kier molecular flexibility index (Phi) is 10.7. The van der Waals surface area contributed by atoms with Crippen LogP contribution >= 0.6 is 0 Å². The van der Waals surface area contributed by atoms with Gasteiger partial charge in [-0.25, -0.2) is 4.98 Å². The first-order valence-electron chi connectivity index (χ1n) is 21.2. The van der Waals surface area contributed by atoms with Crippen LogP contribution in [0.2, 0.25) is 0 Å². The van der Waals surface area contributed by atoms with E-state index in [4.69, 9.17) is 17.1 Å². The van der Waals surface area contributed by atoms with Gasteiger partial charge in [0.15, 0.2) is 0 Å².